The normalized spacial score (nSPS) is 11.6. The maximum Gasteiger partial charge on any atom is 0.357 e. The highest BCUT2D eigenvalue weighted by Gasteiger charge is 2.22. The maximum absolute atomic E-state index is 13.1. The summed E-state index contributed by atoms with van der Waals surface area (Å²) in [7, 11) is 0. The second kappa shape index (κ2) is 9.01. The lowest BCUT2D eigenvalue weighted by Gasteiger charge is -2.14. The van der Waals surface area contributed by atoms with Gasteiger partial charge < -0.3 is 14.8 Å². The number of carbonyl (C=O) groups is 2. The number of ether oxygens (including phenoxy) is 2. The van der Waals surface area contributed by atoms with E-state index in [1.807, 2.05) is 6.92 Å². The number of hydrogen-bond donors (Lipinski definition) is 1. The average Bonchev–Trinajstić information content (AvgIpc) is 3.20. The molecule has 29 heavy (non-hydrogen) atoms. The number of halogens is 1. The van der Waals surface area contributed by atoms with Gasteiger partial charge in [-0.1, -0.05) is 0 Å². The Morgan fingerprint density at radius 1 is 1.14 bits per heavy atom. The summed E-state index contributed by atoms with van der Waals surface area (Å²) in [5.74, 6) is -0.895. The first-order valence-electron chi connectivity index (χ1n) is 9.01. The molecule has 1 atom stereocenters. The van der Waals surface area contributed by atoms with Crippen molar-refractivity contribution in [3.63, 3.8) is 0 Å². The van der Waals surface area contributed by atoms with E-state index >= 15 is 0 Å². The molecule has 1 N–H and O–H groups in total. The fraction of sp³-hybridized carbons (Fsp3) is 0.190. The first-order valence-corrected chi connectivity index (χ1v) is 9.01. The van der Waals surface area contributed by atoms with E-state index in [1.54, 1.807) is 24.3 Å². The maximum atomic E-state index is 13.1. The molecule has 0 saturated heterocycles. The van der Waals surface area contributed by atoms with E-state index in [-0.39, 0.29) is 5.69 Å². The van der Waals surface area contributed by atoms with Crippen molar-refractivity contribution in [1.82, 2.24) is 9.55 Å². The summed E-state index contributed by atoms with van der Waals surface area (Å²) >= 11 is 0. The van der Waals surface area contributed by atoms with Crippen LogP contribution in [0.5, 0.6) is 5.75 Å². The van der Waals surface area contributed by atoms with Crippen molar-refractivity contribution in [3.05, 3.63) is 72.6 Å². The van der Waals surface area contributed by atoms with Crippen LogP contribution in [-0.4, -0.2) is 34.1 Å². The number of hydrogen-bond acceptors (Lipinski definition) is 5. The van der Waals surface area contributed by atoms with Crippen molar-refractivity contribution in [1.29, 1.82) is 0 Å². The minimum Gasteiger partial charge on any atom is -0.494 e. The third-order valence-corrected chi connectivity index (χ3v) is 4.04. The quantitative estimate of drug-likeness (QED) is 0.616. The van der Waals surface area contributed by atoms with Crippen molar-refractivity contribution in [3.8, 4) is 11.4 Å². The van der Waals surface area contributed by atoms with E-state index < -0.39 is 23.8 Å². The first-order chi connectivity index (χ1) is 14.0. The molecule has 0 unspecified atom stereocenters. The highest BCUT2D eigenvalue weighted by Crippen LogP contribution is 2.17. The van der Waals surface area contributed by atoms with Gasteiger partial charge in [0.25, 0.3) is 5.91 Å². The Bertz CT molecular complexity index is 984. The van der Waals surface area contributed by atoms with Gasteiger partial charge >= 0.3 is 5.97 Å². The first kappa shape index (κ1) is 20.1. The molecule has 0 aliphatic carbocycles. The van der Waals surface area contributed by atoms with Crippen LogP contribution in [0.4, 0.5) is 10.1 Å². The lowest BCUT2D eigenvalue weighted by Crippen LogP contribution is -2.30. The molecule has 1 heterocycles. The summed E-state index contributed by atoms with van der Waals surface area (Å²) in [5.41, 5.74) is 1.22. The molecule has 0 bridgehead atoms. The lowest BCUT2D eigenvalue weighted by atomic mass is 10.2. The van der Waals surface area contributed by atoms with Gasteiger partial charge in [0.2, 0.25) is 0 Å². The monoisotopic (exact) mass is 397 g/mol. The summed E-state index contributed by atoms with van der Waals surface area (Å²) in [6.07, 6.45) is 1.70. The molecule has 1 aromatic heterocycles. The molecular formula is C21H20FN3O4. The van der Waals surface area contributed by atoms with E-state index in [1.165, 1.54) is 48.3 Å². The molecule has 0 spiro atoms. The van der Waals surface area contributed by atoms with Gasteiger partial charge in [0.05, 0.1) is 19.1 Å². The Morgan fingerprint density at radius 3 is 2.48 bits per heavy atom. The number of carbonyl (C=O) groups excluding carboxylic acids is 2. The summed E-state index contributed by atoms with van der Waals surface area (Å²) in [6, 6.07) is 12.4. The molecule has 0 aliphatic heterocycles. The number of rotatable bonds is 7. The van der Waals surface area contributed by atoms with Crippen LogP contribution < -0.4 is 10.1 Å². The van der Waals surface area contributed by atoms with Crippen molar-refractivity contribution in [2.75, 3.05) is 11.9 Å². The molecule has 3 aromatic rings. The van der Waals surface area contributed by atoms with Crippen LogP contribution in [0.3, 0.4) is 0 Å². The Balaban J connectivity index is 1.64. The van der Waals surface area contributed by atoms with E-state index in [0.717, 1.165) is 0 Å². The van der Waals surface area contributed by atoms with Crippen LogP contribution in [0.15, 0.2) is 61.1 Å². The minimum absolute atomic E-state index is 0.123. The summed E-state index contributed by atoms with van der Waals surface area (Å²) in [6.45, 7) is 3.90. The van der Waals surface area contributed by atoms with Crippen molar-refractivity contribution < 1.29 is 23.5 Å². The van der Waals surface area contributed by atoms with Crippen molar-refractivity contribution in [2.45, 2.75) is 20.0 Å². The zero-order valence-corrected chi connectivity index (χ0v) is 16.0. The number of aromatic nitrogens is 2. The standard InChI is InChI=1S/C21H20FN3O4/c1-3-28-18-10-6-16(7-11-18)24-20(26)14(2)29-21(27)19-12-23-13-25(19)17-8-4-15(22)5-9-17/h4-14H,3H2,1-2H3,(H,24,26)/t14-/m1/s1. The van der Waals surface area contributed by atoms with E-state index in [9.17, 15) is 14.0 Å². The largest absolute Gasteiger partial charge is 0.494 e. The predicted octanol–water partition coefficient (Wildman–Crippen LogP) is 3.59. The molecule has 0 aliphatic rings. The Morgan fingerprint density at radius 2 is 1.83 bits per heavy atom. The molecule has 1 amide bonds. The number of nitrogens with one attached hydrogen (secondary N) is 1. The third-order valence-electron chi connectivity index (χ3n) is 4.04. The number of amides is 1. The smallest absolute Gasteiger partial charge is 0.357 e. The predicted molar refractivity (Wildman–Crippen MR) is 105 cm³/mol. The topological polar surface area (TPSA) is 82.4 Å². The fourth-order valence-electron chi connectivity index (χ4n) is 2.57. The van der Waals surface area contributed by atoms with E-state index in [0.29, 0.717) is 23.7 Å². The summed E-state index contributed by atoms with van der Waals surface area (Å²) < 4.78 is 25.2. The molecule has 2 aromatic carbocycles. The Kier molecular flexibility index (Phi) is 6.23. The molecule has 8 heteroatoms. The van der Waals surface area contributed by atoms with Crippen LogP contribution in [0, 0.1) is 5.82 Å². The lowest BCUT2D eigenvalue weighted by molar-refractivity contribution is -0.123. The highest BCUT2D eigenvalue weighted by atomic mass is 19.1. The van der Waals surface area contributed by atoms with Gasteiger partial charge in [-0.05, 0) is 62.4 Å². The van der Waals surface area contributed by atoms with Gasteiger partial charge in [0.15, 0.2) is 11.8 Å². The van der Waals surface area contributed by atoms with Crippen LogP contribution in [-0.2, 0) is 9.53 Å². The van der Waals surface area contributed by atoms with Crippen LogP contribution in [0.2, 0.25) is 0 Å². The molecule has 0 saturated carbocycles. The van der Waals surface area contributed by atoms with Crippen molar-refractivity contribution in [2.24, 2.45) is 0 Å². The SMILES string of the molecule is CCOc1ccc(NC(=O)[C@@H](C)OC(=O)c2cncn2-c2ccc(F)cc2)cc1. The van der Waals surface area contributed by atoms with E-state index in [2.05, 4.69) is 10.3 Å². The molecule has 150 valence electrons. The number of anilines is 1. The molecular weight excluding hydrogens is 377 g/mol. The number of esters is 1. The molecule has 0 fully saturated rings. The van der Waals surface area contributed by atoms with Crippen LogP contribution in [0.25, 0.3) is 5.69 Å². The van der Waals surface area contributed by atoms with Gasteiger partial charge in [-0.2, -0.15) is 0 Å². The van der Waals surface area contributed by atoms with Gasteiger partial charge in [-0.3, -0.25) is 9.36 Å². The zero-order chi connectivity index (χ0) is 20.8. The number of benzene rings is 2. The average molecular weight is 397 g/mol. The number of imidazole rings is 1. The molecule has 0 radical (unpaired) electrons. The van der Waals surface area contributed by atoms with Gasteiger partial charge in [0.1, 0.15) is 11.6 Å². The Hall–Kier alpha value is -3.68. The van der Waals surface area contributed by atoms with Crippen LogP contribution >= 0.6 is 0 Å². The summed E-state index contributed by atoms with van der Waals surface area (Å²) in [5, 5.41) is 2.68. The minimum atomic E-state index is -1.04. The third kappa shape index (κ3) is 4.98. The summed E-state index contributed by atoms with van der Waals surface area (Å²) in [4.78, 5) is 28.8. The van der Waals surface area contributed by atoms with Gasteiger partial charge in [-0.25, -0.2) is 14.2 Å². The fourth-order valence-corrected chi connectivity index (χ4v) is 2.57. The van der Waals surface area contributed by atoms with Gasteiger partial charge in [-0.15, -0.1) is 0 Å². The number of nitrogens with zero attached hydrogens (tertiary/aromatic N) is 2. The molecule has 7 nitrogen and oxygen atoms in total. The van der Waals surface area contributed by atoms with Gasteiger partial charge in [0, 0.05) is 11.4 Å². The van der Waals surface area contributed by atoms with Crippen molar-refractivity contribution >= 4 is 17.6 Å². The highest BCUT2D eigenvalue weighted by molar-refractivity contribution is 5.97. The Labute approximate surface area is 167 Å². The second-order valence-electron chi connectivity index (χ2n) is 6.12. The van der Waals surface area contributed by atoms with Crippen LogP contribution in [0.1, 0.15) is 24.3 Å². The zero-order valence-electron chi connectivity index (χ0n) is 16.0. The molecule has 3 rings (SSSR count). The van der Waals surface area contributed by atoms with E-state index in [4.69, 9.17) is 9.47 Å². The second-order valence-corrected chi connectivity index (χ2v) is 6.12.